The van der Waals surface area contributed by atoms with Gasteiger partial charge in [-0.15, -0.1) is 0 Å². The molecule has 0 saturated carbocycles. The van der Waals surface area contributed by atoms with Crippen molar-refractivity contribution in [2.75, 3.05) is 11.9 Å². The molecule has 0 radical (unpaired) electrons. The average Bonchev–Trinajstić information content (AvgIpc) is 2.73. The van der Waals surface area contributed by atoms with Crippen LogP contribution in [0.25, 0.3) is 0 Å². The van der Waals surface area contributed by atoms with E-state index in [-0.39, 0.29) is 12.2 Å². The van der Waals surface area contributed by atoms with Crippen molar-refractivity contribution in [2.45, 2.75) is 19.4 Å². The number of ether oxygens (including phenoxy) is 1. The molecule has 3 rings (SSSR count). The van der Waals surface area contributed by atoms with E-state index in [0.29, 0.717) is 17.4 Å². The lowest BCUT2D eigenvalue weighted by Crippen LogP contribution is -2.38. The van der Waals surface area contributed by atoms with Crippen LogP contribution in [0.4, 0.5) is 5.69 Å². The van der Waals surface area contributed by atoms with Crippen LogP contribution >= 0.6 is 11.6 Å². The number of hydrogen-bond acceptors (Lipinski definition) is 4. The summed E-state index contributed by atoms with van der Waals surface area (Å²) in [5.74, 6) is 0.700. The Morgan fingerprint density at radius 3 is 3.00 bits per heavy atom. The van der Waals surface area contributed by atoms with Crippen molar-refractivity contribution in [3.05, 3.63) is 40.7 Å². The predicted octanol–water partition coefficient (Wildman–Crippen LogP) is 2.37. The molecule has 1 unspecified atom stereocenters. The molecule has 1 aromatic heterocycles. The van der Waals surface area contributed by atoms with Gasteiger partial charge < -0.3 is 10.1 Å². The molecule has 1 N–H and O–H groups in total. The maximum atomic E-state index is 12.4. The monoisotopic (exact) mass is 305 g/mol. The number of para-hydroxylation sites is 2. The Balaban J connectivity index is 1.75. The van der Waals surface area contributed by atoms with Gasteiger partial charge in [0.05, 0.1) is 17.9 Å². The first kappa shape index (κ1) is 13.9. The third kappa shape index (κ3) is 2.61. The summed E-state index contributed by atoms with van der Waals surface area (Å²) in [7, 11) is 1.76. The first-order valence-corrected chi connectivity index (χ1v) is 7.14. The van der Waals surface area contributed by atoms with Crippen LogP contribution in [-0.4, -0.2) is 28.2 Å². The van der Waals surface area contributed by atoms with Crippen LogP contribution < -0.4 is 10.1 Å². The Labute approximate surface area is 127 Å². The predicted molar refractivity (Wildman–Crippen MR) is 81.0 cm³/mol. The number of aryl methyl sites for hydroxylation is 2. The van der Waals surface area contributed by atoms with Crippen molar-refractivity contribution in [1.29, 1.82) is 0 Å². The lowest BCUT2D eigenvalue weighted by Gasteiger charge is -2.26. The summed E-state index contributed by atoms with van der Waals surface area (Å²) in [5.41, 5.74) is 2.46. The molecule has 1 aliphatic rings. The fourth-order valence-electron chi connectivity index (χ4n) is 2.46. The van der Waals surface area contributed by atoms with E-state index in [0.717, 1.165) is 16.9 Å². The molecule has 5 nitrogen and oxygen atoms in total. The van der Waals surface area contributed by atoms with Gasteiger partial charge in [0.2, 0.25) is 0 Å². The number of benzene rings is 1. The molecule has 2 heterocycles. The Hall–Kier alpha value is -2.01. The van der Waals surface area contributed by atoms with Crippen molar-refractivity contribution >= 4 is 23.1 Å². The molecule has 0 spiro atoms. The zero-order valence-corrected chi connectivity index (χ0v) is 12.6. The van der Waals surface area contributed by atoms with Crippen LogP contribution in [0.5, 0.6) is 5.75 Å². The maximum absolute atomic E-state index is 12.4. The van der Waals surface area contributed by atoms with Crippen LogP contribution in [-0.2, 0) is 18.3 Å². The minimum Gasteiger partial charge on any atom is -0.479 e. The molecule has 2 aromatic rings. The number of hydrogen-bond donors (Lipinski definition) is 1. The second kappa shape index (κ2) is 5.41. The molecule has 21 heavy (non-hydrogen) atoms. The topological polar surface area (TPSA) is 56.2 Å². The lowest BCUT2D eigenvalue weighted by molar-refractivity contribution is -0.124. The van der Waals surface area contributed by atoms with Crippen LogP contribution in [0.2, 0.25) is 5.15 Å². The van der Waals surface area contributed by atoms with Crippen LogP contribution in [0.3, 0.4) is 0 Å². The van der Waals surface area contributed by atoms with Gasteiger partial charge in [0.25, 0.3) is 0 Å². The number of Topliss-reactive ketones (excluding diaryl/α,β-unsaturated/α-hetero) is 1. The van der Waals surface area contributed by atoms with Crippen molar-refractivity contribution in [2.24, 2.45) is 7.05 Å². The van der Waals surface area contributed by atoms with Gasteiger partial charge in [-0.25, -0.2) is 0 Å². The SMILES string of the molecule is Cc1nn(C)c(Cl)c1CC(=O)C1CNc2ccccc2O1. The fourth-order valence-corrected chi connectivity index (χ4v) is 2.70. The van der Waals surface area contributed by atoms with Gasteiger partial charge >= 0.3 is 0 Å². The molecule has 1 atom stereocenters. The van der Waals surface area contributed by atoms with Gasteiger partial charge in [-0.05, 0) is 19.1 Å². The molecule has 0 aliphatic carbocycles. The zero-order chi connectivity index (χ0) is 15.0. The molecular weight excluding hydrogens is 290 g/mol. The van der Waals surface area contributed by atoms with Gasteiger partial charge in [-0.2, -0.15) is 5.10 Å². The number of halogens is 1. The Bertz CT molecular complexity index is 696. The highest BCUT2D eigenvalue weighted by atomic mass is 35.5. The van der Waals surface area contributed by atoms with E-state index in [1.54, 1.807) is 11.7 Å². The highest BCUT2D eigenvalue weighted by molar-refractivity contribution is 6.30. The molecule has 6 heteroatoms. The molecule has 0 fully saturated rings. The van der Waals surface area contributed by atoms with Crippen molar-refractivity contribution in [3.8, 4) is 5.75 Å². The van der Waals surface area contributed by atoms with Gasteiger partial charge in [-0.1, -0.05) is 23.7 Å². The Morgan fingerprint density at radius 2 is 2.29 bits per heavy atom. The minimum atomic E-state index is -0.504. The second-order valence-corrected chi connectivity index (χ2v) is 5.46. The number of fused-ring (bicyclic) bond motifs is 1. The molecular formula is C15H16ClN3O2. The number of carbonyl (C=O) groups is 1. The Morgan fingerprint density at radius 1 is 1.52 bits per heavy atom. The third-order valence-electron chi connectivity index (χ3n) is 3.61. The molecule has 0 bridgehead atoms. The second-order valence-electron chi connectivity index (χ2n) is 5.11. The van der Waals surface area contributed by atoms with E-state index in [2.05, 4.69) is 10.4 Å². The normalized spacial score (nSPS) is 16.8. The van der Waals surface area contributed by atoms with Gasteiger partial charge in [0, 0.05) is 19.0 Å². The number of nitrogens with one attached hydrogen (secondary N) is 1. The van der Waals surface area contributed by atoms with Crippen LogP contribution in [0.15, 0.2) is 24.3 Å². The zero-order valence-electron chi connectivity index (χ0n) is 11.9. The van der Waals surface area contributed by atoms with E-state index < -0.39 is 6.10 Å². The van der Waals surface area contributed by atoms with Gasteiger partial charge in [-0.3, -0.25) is 9.48 Å². The fraction of sp³-hybridized carbons (Fsp3) is 0.333. The molecule has 110 valence electrons. The summed E-state index contributed by atoms with van der Waals surface area (Å²) < 4.78 is 7.35. The van der Waals surface area contributed by atoms with Crippen molar-refractivity contribution < 1.29 is 9.53 Å². The summed E-state index contributed by atoms with van der Waals surface area (Å²) in [5, 5.41) is 7.94. The van der Waals surface area contributed by atoms with Gasteiger partial charge in [0.15, 0.2) is 11.9 Å². The lowest BCUT2D eigenvalue weighted by atomic mass is 10.0. The molecule has 0 amide bonds. The molecule has 1 aliphatic heterocycles. The number of rotatable bonds is 3. The van der Waals surface area contributed by atoms with Crippen molar-refractivity contribution in [1.82, 2.24) is 9.78 Å². The van der Waals surface area contributed by atoms with E-state index >= 15 is 0 Å². The number of nitrogens with zero attached hydrogens (tertiary/aromatic N) is 2. The first-order valence-electron chi connectivity index (χ1n) is 6.76. The number of aromatic nitrogens is 2. The van der Waals surface area contributed by atoms with Crippen molar-refractivity contribution in [3.63, 3.8) is 0 Å². The first-order chi connectivity index (χ1) is 10.1. The average molecular weight is 306 g/mol. The smallest absolute Gasteiger partial charge is 0.179 e. The maximum Gasteiger partial charge on any atom is 0.179 e. The standard InChI is InChI=1S/C15H16ClN3O2/c1-9-10(15(16)19(2)18-9)7-12(20)14-8-17-11-5-3-4-6-13(11)21-14/h3-6,14,17H,7-8H2,1-2H3. The number of anilines is 1. The summed E-state index contributed by atoms with van der Waals surface area (Å²) in [6.07, 6.45) is -0.275. The molecule has 0 saturated heterocycles. The third-order valence-corrected chi connectivity index (χ3v) is 4.09. The van der Waals surface area contributed by atoms with Gasteiger partial charge in [0.1, 0.15) is 10.9 Å². The summed E-state index contributed by atoms with van der Waals surface area (Å²) >= 11 is 6.17. The van der Waals surface area contributed by atoms with E-state index in [1.807, 2.05) is 31.2 Å². The van der Waals surface area contributed by atoms with E-state index in [9.17, 15) is 4.79 Å². The number of carbonyl (C=O) groups excluding carboxylic acids is 1. The van der Waals surface area contributed by atoms with Crippen LogP contribution in [0, 0.1) is 6.92 Å². The largest absolute Gasteiger partial charge is 0.479 e. The number of ketones is 1. The highest BCUT2D eigenvalue weighted by Crippen LogP contribution is 2.29. The quantitative estimate of drug-likeness (QED) is 0.946. The summed E-state index contributed by atoms with van der Waals surface area (Å²) in [6.45, 7) is 2.32. The summed E-state index contributed by atoms with van der Waals surface area (Å²) in [6, 6.07) is 7.59. The minimum absolute atomic E-state index is 0.00463. The molecule has 1 aromatic carbocycles. The summed E-state index contributed by atoms with van der Waals surface area (Å²) in [4.78, 5) is 12.4. The van der Waals surface area contributed by atoms with E-state index in [4.69, 9.17) is 16.3 Å². The Kier molecular flexibility index (Phi) is 3.59. The van der Waals surface area contributed by atoms with Crippen LogP contribution in [0.1, 0.15) is 11.3 Å². The van der Waals surface area contributed by atoms with E-state index in [1.165, 1.54) is 0 Å². The highest BCUT2D eigenvalue weighted by Gasteiger charge is 2.27.